The smallest absolute Gasteiger partial charge is 0.419 e. The number of amides is 1. The van der Waals surface area contributed by atoms with Gasteiger partial charge in [-0.3, -0.25) is 9.59 Å². The first kappa shape index (κ1) is 26.5. The second kappa shape index (κ2) is 11.0. The maximum Gasteiger partial charge on any atom is 0.419 e. The average Bonchev–Trinajstić information content (AvgIpc) is 2.92. The molecule has 0 saturated heterocycles. The third kappa shape index (κ3) is 6.00. The number of hydrogen-bond acceptors (Lipinski definition) is 5. The summed E-state index contributed by atoms with van der Waals surface area (Å²) in [5.41, 5.74) is 2.26. The lowest BCUT2D eigenvalue weighted by molar-refractivity contribution is -0.139. The Labute approximate surface area is 223 Å². The van der Waals surface area contributed by atoms with E-state index in [1.807, 2.05) is 18.2 Å². The Morgan fingerprint density at radius 2 is 1.77 bits per heavy atom. The summed E-state index contributed by atoms with van der Waals surface area (Å²) < 4.78 is 52.7. The van der Waals surface area contributed by atoms with E-state index in [-0.39, 0.29) is 37.5 Å². The van der Waals surface area contributed by atoms with E-state index in [1.165, 1.54) is 17.0 Å². The number of carboxylic acids is 1. The third-order valence-electron chi connectivity index (χ3n) is 7.05. The summed E-state index contributed by atoms with van der Waals surface area (Å²) in [6.45, 7) is 0.892. The fourth-order valence-corrected chi connectivity index (χ4v) is 5.01. The van der Waals surface area contributed by atoms with Crippen LogP contribution in [-0.2, 0) is 23.9 Å². The molecule has 1 unspecified atom stereocenters. The molecule has 0 fully saturated rings. The summed E-state index contributed by atoms with van der Waals surface area (Å²) in [7, 11) is 0. The Morgan fingerprint density at radius 1 is 1.00 bits per heavy atom. The van der Waals surface area contributed by atoms with Crippen molar-refractivity contribution < 1.29 is 37.3 Å². The first-order valence-electron chi connectivity index (χ1n) is 12.7. The van der Waals surface area contributed by atoms with Gasteiger partial charge in [0.15, 0.2) is 0 Å². The molecule has 1 N–H and O–H groups in total. The molecular formula is C29H27F3N2O5. The van der Waals surface area contributed by atoms with Gasteiger partial charge < -0.3 is 19.5 Å². The van der Waals surface area contributed by atoms with Crippen LogP contribution in [0.15, 0.2) is 54.7 Å². The number of aliphatic carboxylic acids is 1. The van der Waals surface area contributed by atoms with Gasteiger partial charge >= 0.3 is 12.1 Å². The fraction of sp³-hybridized carbons (Fsp3) is 0.345. The maximum atomic E-state index is 13.9. The maximum absolute atomic E-state index is 13.9. The number of ether oxygens (including phenoxy) is 2. The molecule has 0 radical (unpaired) electrons. The van der Waals surface area contributed by atoms with Crippen molar-refractivity contribution in [3.63, 3.8) is 0 Å². The number of rotatable bonds is 2. The predicted octanol–water partition coefficient (Wildman–Crippen LogP) is 5.46. The molecule has 1 atom stereocenters. The predicted molar refractivity (Wildman–Crippen MR) is 135 cm³/mol. The molecule has 2 aromatic carbocycles. The molecule has 39 heavy (non-hydrogen) atoms. The molecule has 1 aromatic heterocycles. The van der Waals surface area contributed by atoms with Gasteiger partial charge in [0.25, 0.3) is 5.91 Å². The number of hydrogen-bond donors (Lipinski definition) is 1. The molecule has 0 spiro atoms. The van der Waals surface area contributed by atoms with Crippen LogP contribution in [0.4, 0.5) is 13.2 Å². The van der Waals surface area contributed by atoms with Gasteiger partial charge in [0.1, 0.15) is 5.75 Å². The van der Waals surface area contributed by atoms with Gasteiger partial charge in [0.05, 0.1) is 25.2 Å². The van der Waals surface area contributed by atoms with Crippen LogP contribution in [0.3, 0.4) is 0 Å². The highest BCUT2D eigenvalue weighted by Crippen LogP contribution is 2.38. The first-order chi connectivity index (χ1) is 18.7. The number of benzene rings is 2. The van der Waals surface area contributed by atoms with Crippen molar-refractivity contribution in [1.29, 1.82) is 0 Å². The number of halogens is 3. The Morgan fingerprint density at radius 3 is 2.49 bits per heavy atom. The van der Waals surface area contributed by atoms with Gasteiger partial charge in [-0.1, -0.05) is 24.3 Å². The van der Waals surface area contributed by atoms with E-state index in [0.717, 1.165) is 22.8 Å². The number of alkyl halides is 3. The van der Waals surface area contributed by atoms with Gasteiger partial charge in [-0.2, -0.15) is 13.2 Å². The van der Waals surface area contributed by atoms with E-state index >= 15 is 0 Å². The number of pyridine rings is 1. The number of carbonyl (C=O) groups is 2. The van der Waals surface area contributed by atoms with Crippen LogP contribution in [0.5, 0.6) is 11.6 Å². The lowest BCUT2D eigenvalue weighted by atomic mass is 9.86. The molecule has 5 aliphatic rings. The minimum Gasteiger partial charge on any atom is -0.493 e. The van der Waals surface area contributed by atoms with Crippen LogP contribution in [0.1, 0.15) is 63.4 Å². The third-order valence-corrected chi connectivity index (χ3v) is 7.05. The van der Waals surface area contributed by atoms with Crippen molar-refractivity contribution in [3.8, 4) is 11.6 Å². The van der Waals surface area contributed by atoms with Crippen molar-refractivity contribution in [1.82, 2.24) is 9.88 Å². The Bertz CT molecular complexity index is 1370. The molecule has 3 aromatic rings. The SMILES string of the molecule is O=C(O)CC1c2ccc(nc2)OCCCCOc2ccc(cc2C(F)(F)F)C(=O)N2CCc3ccc1cc3C2. The van der Waals surface area contributed by atoms with Crippen LogP contribution in [0.2, 0.25) is 0 Å². The van der Waals surface area contributed by atoms with Crippen LogP contribution in [-0.4, -0.2) is 46.6 Å². The van der Waals surface area contributed by atoms with Crippen molar-refractivity contribution in [2.24, 2.45) is 0 Å². The van der Waals surface area contributed by atoms with E-state index in [1.54, 1.807) is 18.3 Å². The van der Waals surface area contributed by atoms with E-state index in [9.17, 15) is 27.9 Å². The molecule has 8 rings (SSSR count). The summed E-state index contributed by atoms with van der Waals surface area (Å²) in [6, 6.07) is 12.6. The van der Waals surface area contributed by atoms with Crippen LogP contribution < -0.4 is 9.47 Å². The highest BCUT2D eigenvalue weighted by atomic mass is 19.4. The van der Waals surface area contributed by atoms with Gasteiger partial charge in [-0.15, -0.1) is 0 Å². The highest BCUT2D eigenvalue weighted by Gasteiger charge is 2.36. The van der Waals surface area contributed by atoms with Crippen LogP contribution in [0.25, 0.3) is 0 Å². The second-order valence-corrected chi connectivity index (χ2v) is 9.70. The Balaban J connectivity index is 1.53. The van der Waals surface area contributed by atoms with Gasteiger partial charge in [-0.25, -0.2) is 4.98 Å². The quantitative estimate of drug-likeness (QED) is 0.465. The molecule has 10 heteroatoms. The van der Waals surface area contributed by atoms with Crippen LogP contribution >= 0.6 is 0 Å². The van der Waals surface area contributed by atoms with E-state index in [4.69, 9.17) is 9.47 Å². The van der Waals surface area contributed by atoms with E-state index in [2.05, 4.69) is 4.98 Å². The molecule has 5 aliphatic heterocycles. The molecule has 0 saturated carbocycles. The largest absolute Gasteiger partial charge is 0.493 e. The van der Waals surface area contributed by atoms with Crippen molar-refractivity contribution >= 4 is 11.9 Å². The van der Waals surface area contributed by atoms with E-state index < -0.39 is 29.5 Å². The lowest BCUT2D eigenvalue weighted by Gasteiger charge is -2.30. The summed E-state index contributed by atoms with van der Waals surface area (Å²) in [5, 5.41) is 9.60. The topological polar surface area (TPSA) is 89.0 Å². The Kier molecular flexibility index (Phi) is 7.45. The van der Waals surface area contributed by atoms with Crippen molar-refractivity contribution in [3.05, 3.63) is 88.1 Å². The Hall–Kier alpha value is -4.08. The number of carbonyl (C=O) groups excluding carboxylic acids is 1. The monoisotopic (exact) mass is 540 g/mol. The molecule has 6 heterocycles. The zero-order valence-electron chi connectivity index (χ0n) is 21.0. The summed E-state index contributed by atoms with van der Waals surface area (Å²) >= 11 is 0. The highest BCUT2D eigenvalue weighted by molar-refractivity contribution is 5.94. The minimum atomic E-state index is -4.69. The van der Waals surface area contributed by atoms with Crippen molar-refractivity contribution in [2.45, 2.75) is 44.3 Å². The second-order valence-electron chi connectivity index (χ2n) is 9.70. The molecule has 204 valence electrons. The molecule has 7 bridgehead atoms. The normalized spacial score (nSPS) is 17.9. The average molecular weight is 541 g/mol. The standard InChI is InChI=1S/C29H27F3N2O5/c30-29(31,32)24-14-20-5-7-25(24)38-11-1-2-12-39-26-8-6-21(16-33-26)23(15-27(35)36)19-4-3-18-9-10-34(28(20)37)17-22(18)13-19/h3-8,13-14,16,23H,1-2,9-12,15,17H2,(H,35,36). The van der Waals surface area contributed by atoms with Crippen LogP contribution in [0, 0.1) is 0 Å². The summed E-state index contributed by atoms with van der Waals surface area (Å²) in [6.07, 6.45) is -1.74. The van der Waals surface area contributed by atoms with Gasteiger partial charge in [-0.05, 0) is 59.7 Å². The lowest BCUT2D eigenvalue weighted by Crippen LogP contribution is -2.36. The molecule has 0 aliphatic carbocycles. The molecule has 7 nitrogen and oxygen atoms in total. The van der Waals surface area contributed by atoms with Crippen molar-refractivity contribution in [2.75, 3.05) is 19.8 Å². The van der Waals surface area contributed by atoms with Gasteiger partial charge in [0.2, 0.25) is 5.88 Å². The minimum absolute atomic E-state index is 0.0491. The zero-order valence-corrected chi connectivity index (χ0v) is 21.0. The zero-order chi connectivity index (χ0) is 27.6. The molecular weight excluding hydrogens is 513 g/mol. The summed E-state index contributed by atoms with van der Waals surface area (Å²) in [5.74, 6) is -1.90. The fourth-order valence-electron chi connectivity index (χ4n) is 5.01. The number of nitrogens with zero attached hydrogens (tertiary/aromatic N) is 2. The number of carboxylic acid groups (broad SMARTS) is 1. The summed E-state index contributed by atoms with van der Waals surface area (Å²) in [4.78, 5) is 30.9. The van der Waals surface area contributed by atoms with Gasteiger partial charge in [0, 0.05) is 36.8 Å². The van der Waals surface area contributed by atoms with E-state index in [0.29, 0.717) is 37.3 Å². The first-order valence-corrected chi connectivity index (χ1v) is 12.7. The number of aromatic nitrogens is 1. The molecule has 1 amide bonds.